The van der Waals surface area contributed by atoms with E-state index in [1.165, 1.54) is 4.90 Å². The van der Waals surface area contributed by atoms with Gasteiger partial charge in [-0.25, -0.2) is 4.79 Å². The van der Waals surface area contributed by atoms with Crippen LogP contribution in [0.1, 0.15) is 45.6 Å². The Labute approximate surface area is 180 Å². The minimum absolute atomic E-state index is 0.0150. The van der Waals surface area contributed by atoms with Crippen LogP contribution in [0.3, 0.4) is 0 Å². The van der Waals surface area contributed by atoms with Gasteiger partial charge in [-0.05, 0) is 58.2 Å². The maximum atomic E-state index is 12.9. The van der Waals surface area contributed by atoms with Gasteiger partial charge in [-0.3, -0.25) is 9.69 Å². The monoisotopic (exact) mass is 462 g/mol. The zero-order valence-corrected chi connectivity index (χ0v) is 18.7. The highest BCUT2D eigenvalue weighted by Gasteiger charge is 2.38. The van der Waals surface area contributed by atoms with Crippen LogP contribution in [-0.2, 0) is 9.53 Å². The Hall–Kier alpha value is -2.27. The highest BCUT2D eigenvalue weighted by atomic mass is 79.9. The molecule has 2 heterocycles. The fourth-order valence-electron chi connectivity index (χ4n) is 3.85. The molecule has 29 heavy (non-hydrogen) atoms. The fraction of sp³-hybridized carbons (Fsp3) is 0.571. The lowest BCUT2D eigenvalue weighted by molar-refractivity contribution is -0.126. The van der Waals surface area contributed by atoms with E-state index in [1.54, 1.807) is 6.07 Å². The van der Waals surface area contributed by atoms with Crippen LogP contribution in [0.25, 0.3) is 0 Å². The number of hydrogen-bond donors (Lipinski definition) is 1. The molecule has 0 saturated carbocycles. The number of nitrogens with zero attached hydrogens (tertiary/aromatic N) is 3. The molecule has 2 amide bonds. The first-order valence-corrected chi connectivity index (χ1v) is 10.7. The van der Waals surface area contributed by atoms with E-state index in [-0.39, 0.29) is 11.9 Å². The van der Waals surface area contributed by atoms with Gasteiger partial charge in [-0.1, -0.05) is 15.9 Å². The summed E-state index contributed by atoms with van der Waals surface area (Å²) in [5.41, 5.74) is 0.900. The van der Waals surface area contributed by atoms with Gasteiger partial charge in [0.25, 0.3) is 0 Å². The second-order valence-corrected chi connectivity index (χ2v) is 9.46. The molecule has 2 aliphatic heterocycles. The molecule has 2 atom stereocenters. The molecule has 3 rings (SSSR count). The molecule has 1 N–H and O–H groups in total. The summed E-state index contributed by atoms with van der Waals surface area (Å²) in [5, 5.41) is 12.5. The topological polar surface area (TPSA) is 85.7 Å². The van der Waals surface area contributed by atoms with Crippen LogP contribution in [0.15, 0.2) is 22.7 Å². The first kappa shape index (κ1) is 21.4. The molecule has 2 fully saturated rings. The number of amides is 2. The van der Waals surface area contributed by atoms with Gasteiger partial charge in [0, 0.05) is 30.1 Å². The lowest BCUT2D eigenvalue weighted by Gasteiger charge is -2.28. The number of nitrogens with one attached hydrogen (secondary N) is 1. The Morgan fingerprint density at radius 2 is 2.03 bits per heavy atom. The van der Waals surface area contributed by atoms with Gasteiger partial charge in [0.15, 0.2) is 0 Å². The molecule has 1 unspecified atom stereocenters. The summed E-state index contributed by atoms with van der Waals surface area (Å²) in [5.74, 6) is -0.128. The number of benzene rings is 1. The molecule has 0 radical (unpaired) electrons. The third-order valence-electron chi connectivity index (χ3n) is 5.14. The van der Waals surface area contributed by atoms with E-state index < -0.39 is 17.7 Å². The van der Waals surface area contributed by atoms with E-state index in [0.29, 0.717) is 25.1 Å². The van der Waals surface area contributed by atoms with Crippen molar-refractivity contribution in [3.8, 4) is 6.07 Å². The molecular formula is C21H27BrN4O3. The standard InChI is InChI=1S/C21H27BrN4O3/c1-21(2,3)29-20(28)26-9-4-5-18(26)19(27)24-16-8-10-25(13-16)17-7-6-15(22)11-14(17)12-23/h6-7,11,16,18H,4-5,8-10,13H2,1-3H3,(H,24,27)/t16-,18?/m0/s1. The molecule has 156 valence electrons. The summed E-state index contributed by atoms with van der Waals surface area (Å²) >= 11 is 3.39. The summed E-state index contributed by atoms with van der Waals surface area (Å²) in [6, 6.07) is 7.38. The van der Waals surface area contributed by atoms with Crippen molar-refractivity contribution in [3.63, 3.8) is 0 Å². The van der Waals surface area contributed by atoms with Crippen LogP contribution >= 0.6 is 15.9 Å². The van der Waals surface area contributed by atoms with Crippen LogP contribution in [0.4, 0.5) is 10.5 Å². The van der Waals surface area contributed by atoms with Crippen LogP contribution < -0.4 is 10.2 Å². The third-order valence-corrected chi connectivity index (χ3v) is 5.63. The van der Waals surface area contributed by atoms with Gasteiger partial charge in [0.1, 0.15) is 17.7 Å². The van der Waals surface area contributed by atoms with Crippen molar-refractivity contribution in [1.29, 1.82) is 5.26 Å². The normalized spacial score (nSPS) is 21.8. The molecule has 7 nitrogen and oxygen atoms in total. The highest BCUT2D eigenvalue weighted by molar-refractivity contribution is 9.10. The molecule has 8 heteroatoms. The van der Waals surface area contributed by atoms with E-state index >= 15 is 0 Å². The summed E-state index contributed by atoms with van der Waals surface area (Å²) in [4.78, 5) is 28.9. The minimum atomic E-state index is -0.588. The minimum Gasteiger partial charge on any atom is -0.444 e. The number of rotatable bonds is 3. The van der Waals surface area contributed by atoms with Crippen molar-refractivity contribution >= 4 is 33.6 Å². The second-order valence-electron chi connectivity index (χ2n) is 8.55. The van der Waals surface area contributed by atoms with Gasteiger partial charge in [0.05, 0.1) is 11.3 Å². The summed E-state index contributed by atoms with van der Waals surface area (Å²) in [6.45, 7) is 7.40. The second kappa shape index (κ2) is 8.62. The lowest BCUT2D eigenvalue weighted by Crippen LogP contribution is -2.50. The zero-order valence-electron chi connectivity index (χ0n) is 17.1. The van der Waals surface area contributed by atoms with E-state index in [4.69, 9.17) is 4.74 Å². The van der Waals surface area contributed by atoms with E-state index in [9.17, 15) is 14.9 Å². The molecule has 2 aliphatic rings. The molecule has 2 saturated heterocycles. The van der Waals surface area contributed by atoms with Crippen LogP contribution in [0, 0.1) is 11.3 Å². The largest absolute Gasteiger partial charge is 0.444 e. The molecule has 0 spiro atoms. The first-order chi connectivity index (χ1) is 13.7. The Kier molecular flexibility index (Phi) is 6.37. The molecule has 1 aromatic rings. The molecule has 1 aromatic carbocycles. The first-order valence-electron chi connectivity index (χ1n) is 9.92. The van der Waals surface area contributed by atoms with Crippen LogP contribution in [0.2, 0.25) is 0 Å². The molecule has 0 aliphatic carbocycles. The van der Waals surface area contributed by atoms with Crippen LogP contribution in [0.5, 0.6) is 0 Å². The van der Waals surface area contributed by atoms with Crippen molar-refractivity contribution in [1.82, 2.24) is 10.2 Å². The predicted octanol–water partition coefficient (Wildman–Crippen LogP) is 3.42. The number of likely N-dealkylation sites (tertiary alicyclic amines) is 1. The number of anilines is 1. The maximum Gasteiger partial charge on any atom is 0.410 e. The van der Waals surface area contributed by atoms with Crippen molar-refractivity contribution in [3.05, 3.63) is 28.2 Å². The van der Waals surface area contributed by atoms with Crippen molar-refractivity contribution in [2.45, 2.75) is 57.7 Å². The summed E-state index contributed by atoms with van der Waals surface area (Å²) in [7, 11) is 0. The van der Waals surface area contributed by atoms with Crippen LogP contribution in [-0.4, -0.2) is 54.2 Å². The fourth-order valence-corrected chi connectivity index (χ4v) is 4.21. The zero-order chi connectivity index (χ0) is 21.2. The Morgan fingerprint density at radius 1 is 1.28 bits per heavy atom. The predicted molar refractivity (Wildman–Crippen MR) is 114 cm³/mol. The third kappa shape index (κ3) is 5.21. The van der Waals surface area contributed by atoms with E-state index in [0.717, 1.165) is 29.5 Å². The summed E-state index contributed by atoms with van der Waals surface area (Å²) < 4.78 is 6.31. The quantitative estimate of drug-likeness (QED) is 0.743. The average molecular weight is 463 g/mol. The number of nitriles is 1. The van der Waals surface area contributed by atoms with Gasteiger partial charge >= 0.3 is 6.09 Å². The highest BCUT2D eigenvalue weighted by Crippen LogP contribution is 2.27. The number of hydrogen-bond acceptors (Lipinski definition) is 5. The van der Waals surface area contributed by atoms with Crippen molar-refractivity contribution < 1.29 is 14.3 Å². The van der Waals surface area contributed by atoms with Gasteiger partial charge in [-0.15, -0.1) is 0 Å². The molecule has 0 aromatic heterocycles. The van der Waals surface area contributed by atoms with Gasteiger partial charge < -0.3 is 15.0 Å². The number of carbonyl (C=O) groups is 2. The maximum absolute atomic E-state index is 12.9. The Balaban J connectivity index is 1.60. The van der Waals surface area contributed by atoms with Gasteiger partial charge in [0.2, 0.25) is 5.91 Å². The molecule has 0 bridgehead atoms. The average Bonchev–Trinajstić information content (AvgIpc) is 3.29. The number of halogens is 1. The lowest BCUT2D eigenvalue weighted by atomic mass is 10.1. The SMILES string of the molecule is CC(C)(C)OC(=O)N1CCCC1C(=O)N[C@H]1CCN(c2ccc(Br)cc2C#N)C1. The smallest absolute Gasteiger partial charge is 0.410 e. The molecular weight excluding hydrogens is 436 g/mol. The Bertz CT molecular complexity index is 830. The Morgan fingerprint density at radius 3 is 2.72 bits per heavy atom. The van der Waals surface area contributed by atoms with Crippen molar-refractivity contribution in [2.75, 3.05) is 24.5 Å². The number of carbonyl (C=O) groups excluding carboxylic acids is 2. The van der Waals surface area contributed by atoms with Crippen molar-refractivity contribution in [2.24, 2.45) is 0 Å². The number of ether oxygens (including phenoxy) is 1. The van der Waals surface area contributed by atoms with E-state index in [1.807, 2.05) is 32.9 Å². The van der Waals surface area contributed by atoms with E-state index in [2.05, 4.69) is 32.2 Å². The van der Waals surface area contributed by atoms with Gasteiger partial charge in [-0.2, -0.15) is 5.26 Å². The summed E-state index contributed by atoms with van der Waals surface area (Å²) in [6.07, 6.45) is 1.80.